The molecule has 3 heteroatoms. The topological polar surface area (TPSA) is 46.5 Å². The minimum atomic E-state index is -0.559. The largest absolute Gasteiger partial charge is 0.392 e. The maximum Gasteiger partial charge on any atom is 0.352 e. The third-order valence-electron chi connectivity index (χ3n) is 3.20. The van der Waals surface area contributed by atoms with Crippen molar-refractivity contribution in [2.24, 2.45) is 0 Å². The van der Waals surface area contributed by atoms with Gasteiger partial charge < -0.3 is 9.84 Å². The number of benzene rings is 2. The summed E-state index contributed by atoms with van der Waals surface area (Å²) in [6.07, 6.45) is 2.24. The summed E-state index contributed by atoms with van der Waals surface area (Å²) in [6.45, 7) is 1.67. The smallest absolute Gasteiger partial charge is 0.352 e. The number of ether oxygens (including phenoxy) is 1. The highest BCUT2D eigenvalue weighted by molar-refractivity contribution is 5.91. The second-order valence-electron chi connectivity index (χ2n) is 4.93. The zero-order valence-corrected chi connectivity index (χ0v) is 14.1. The fraction of sp³-hybridized carbons (Fsp3) is 0.0870. The van der Waals surface area contributed by atoms with E-state index < -0.39 is 5.97 Å². The highest BCUT2D eigenvalue weighted by Gasteiger charge is 2.08. The van der Waals surface area contributed by atoms with Gasteiger partial charge in [-0.1, -0.05) is 42.3 Å². The van der Waals surface area contributed by atoms with Gasteiger partial charge >= 0.3 is 5.97 Å². The highest BCUT2D eigenvalue weighted by atomic mass is 16.5. The number of rotatable bonds is 3. The SMILES string of the molecule is CC#CC#CC#CC#COC(=O)c1cccc(-c2ccc(CO)cc2)c1. The third-order valence-corrected chi connectivity index (χ3v) is 3.20. The predicted molar refractivity (Wildman–Crippen MR) is 100.0 cm³/mol. The van der Waals surface area contributed by atoms with Gasteiger partial charge in [0.05, 0.1) is 12.2 Å². The normalized spacial score (nSPS) is 8.23. The van der Waals surface area contributed by atoms with Crippen LogP contribution >= 0.6 is 0 Å². The zero-order valence-electron chi connectivity index (χ0n) is 14.1. The number of hydrogen-bond acceptors (Lipinski definition) is 3. The predicted octanol–water partition coefficient (Wildman–Crippen LogP) is 2.99. The Balaban J connectivity index is 2.06. The zero-order chi connectivity index (χ0) is 18.6. The molecule has 0 aromatic heterocycles. The van der Waals surface area contributed by atoms with Gasteiger partial charge in [0.15, 0.2) is 0 Å². The molecule has 0 fully saturated rings. The van der Waals surface area contributed by atoms with E-state index in [9.17, 15) is 4.79 Å². The fourth-order valence-electron chi connectivity index (χ4n) is 1.97. The minimum absolute atomic E-state index is 0.00814. The van der Waals surface area contributed by atoms with Crippen LogP contribution in [0.3, 0.4) is 0 Å². The van der Waals surface area contributed by atoms with E-state index in [2.05, 4.69) is 47.5 Å². The van der Waals surface area contributed by atoms with Crippen molar-refractivity contribution in [2.75, 3.05) is 0 Å². The molecule has 0 heterocycles. The average Bonchev–Trinajstić information content (AvgIpc) is 2.70. The van der Waals surface area contributed by atoms with Gasteiger partial charge in [-0.2, -0.15) is 0 Å². The quantitative estimate of drug-likeness (QED) is 0.691. The van der Waals surface area contributed by atoms with Crippen molar-refractivity contribution in [1.29, 1.82) is 0 Å². The monoisotopic (exact) mass is 338 g/mol. The van der Waals surface area contributed by atoms with E-state index in [0.29, 0.717) is 5.56 Å². The molecule has 0 aliphatic rings. The summed E-state index contributed by atoms with van der Waals surface area (Å²) >= 11 is 0. The molecule has 3 nitrogen and oxygen atoms in total. The summed E-state index contributed by atoms with van der Waals surface area (Å²) in [6, 6.07) is 14.5. The molecule has 26 heavy (non-hydrogen) atoms. The Labute approximate surface area is 153 Å². The van der Waals surface area contributed by atoms with Gasteiger partial charge in [0.25, 0.3) is 0 Å². The van der Waals surface area contributed by atoms with Crippen LogP contribution in [0, 0.1) is 47.5 Å². The molecule has 0 aliphatic heterocycles. The van der Waals surface area contributed by atoms with Crippen molar-refractivity contribution >= 4 is 5.97 Å². The number of hydrogen-bond donors (Lipinski definition) is 1. The number of aliphatic hydroxyl groups excluding tert-OH is 1. The molecule has 0 saturated carbocycles. The first-order valence-corrected chi connectivity index (χ1v) is 7.67. The van der Waals surface area contributed by atoms with Crippen LogP contribution in [-0.2, 0) is 11.3 Å². The molecule has 0 amide bonds. The van der Waals surface area contributed by atoms with Crippen molar-refractivity contribution in [1.82, 2.24) is 0 Å². The first-order chi connectivity index (χ1) is 12.7. The molecule has 0 radical (unpaired) electrons. The van der Waals surface area contributed by atoms with Crippen LogP contribution in [0.15, 0.2) is 48.5 Å². The molecule has 2 aromatic carbocycles. The summed E-state index contributed by atoms with van der Waals surface area (Å²) in [5.74, 6) is 16.9. The number of carbonyl (C=O) groups excluding carboxylic acids is 1. The van der Waals surface area contributed by atoms with Gasteiger partial charge in [-0.3, -0.25) is 0 Å². The maximum atomic E-state index is 12.1. The van der Waals surface area contributed by atoms with Crippen molar-refractivity contribution < 1.29 is 14.6 Å². The lowest BCUT2D eigenvalue weighted by molar-refractivity contribution is 0.0691. The van der Waals surface area contributed by atoms with Gasteiger partial charge in [-0.05, 0) is 53.5 Å². The standard InChI is InChI=1S/C23H14O3/c1-2-3-4-5-6-7-8-16-26-23(25)22-11-9-10-21(17-22)20-14-12-19(18-24)13-15-20/h9-15,17,24H,18H2,1H3. The third kappa shape index (κ3) is 5.63. The van der Waals surface area contributed by atoms with E-state index in [4.69, 9.17) is 9.84 Å². The molecule has 0 aliphatic carbocycles. The van der Waals surface area contributed by atoms with E-state index in [1.54, 1.807) is 25.1 Å². The lowest BCUT2D eigenvalue weighted by Gasteiger charge is -2.05. The Kier molecular flexibility index (Phi) is 7.15. The molecule has 0 spiro atoms. The van der Waals surface area contributed by atoms with Gasteiger partial charge in [0, 0.05) is 17.8 Å². The van der Waals surface area contributed by atoms with Crippen LogP contribution < -0.4 is 0 Å². The summed E-state index contributed by atoms with van der Waals surface area (Å²) in [7, 11) is 0. The molecule has 0 saturated heterocycles. The van der Waals surface area contributed by atoms with E-state index in [1.807, 2.05) is 30.3 Å². The van der Waals surface area contributed by atoms with Crippen molar-refractivity contribution in [2.45, 2.75) is 13.5 Å². The molecule has 1 N–H and O–H groups in total. The summed E-state index contributed by atoms with van der Waals surface area (Å²) in [5, 5.41) is 9.09. The van der Waals surface area contributed by atoms with Crippen LogP contribution in [0.5, 0.6) is 0 Å². The first-order valence-electron chi connectivity index (χ1n) is 7.67. The second-order valence-corrected chi connectivity index (χ2v) is 4.93. The molecule has 2 aromatic rings. The summed E-state index contributed by atoms with van der Waals surface area (Å²) in [4.78, 5) is 12.1. The van der Waals surface area contributed by atoms with Gasteiger partial charge in [-0.15, -0.1) is 0 Å². The van der Waals surface area contributed by atoms with E-state index in [0.717, 1.165) is 16.7 Å². The Morgan fingerprint density at radius 3 is 2.31 bits per heavy atom. The first kappa shape index (κ1) is 18.4. The lowest BCUT2D eigenvalue weighted by atomic mass is 10.0. The summed E-state index contributed by atoms with van der Waals surface area (Å²) < 4.78 is 4.87. The van der Waals surface area contributed by atoms with Crippen molar-refractivity contribution in [3.63, 3.8) is 0 Å². The minimum Gasteiger partial charge on any atom is -0.392 e. The van der Waals surface area contributed by atoms with Gasteiger partial charge in [0.2, 0.25) is 0 Å². The summed E-state index contributed by atoms with van der Waals surface area (Å²) in [5.41, 5.74) is 3.01. The number of carbonyl (C=O) groups is 1. The van der Waals surface area contributed by atoms with Crippen LogP contribution in [0.1, 0.15) is 22.8 Å². The fourth-order valence-corrected chi connectivity index (χ4v) is 1.97. The maximum absolute atomic E-state index is 12.1. The molecule has 0 unspecified atom stereocenters. The van der Waals surface area contributed by atoms with Crippen LogP contribution in [0.25, 0.3) is 11.1 Å². The van der Waals surface area contributed by atoms with Gasteiger partial charge in [-0.25, -0.2) is 4.79 Å². The average molecular weight is 338 g/mol. The van der Waals surface area contributed by atoms with E-state index in [-0.39, 0.29) is 6.61 Å². The molecule has 0 atom stereocenters. The molecule has 2 rings (SSSR count). The van der Waals surface area contributed by atoms with E-state index >= 15 is 0 Å². The van der Waals surface area contributed by atoms with E-state index in [1.165, 1.54) is 0 Å². The second kappa shape index (κ2) is 10.1. The molecule has 124 valence electrons. The Morgan fingerprint density at radius 1 is 0.923 bits per heavy atom. The van der Waals surface area contributed by atoms with Crippen molar-refractivity contribution in [3.8, 4) is 58.7 Å². The molecule has 0 bridgehead atoms. The van der Waals surface area contributed by atoms with Gasteiger partial charge in [0.1, 0.15) is 6.11 Å². The molecular formula is C23H14O3. The van der Waals surface area contributed by atoms with Crippen LogP contribution in [-0.4, -0.2) is 11.1 Å². The Bertz CT molecular complexity index is 1030. The van der Waals surface area contributed by atoms with Crippen LogP contribution in [0.4, 0.5) is 0 Å². The van der Waals surface area contributed by atoms with Crippen molar-refractivity contribution in [3.05, 3.63) is 59.7 Å². The lowest BCUT2D eigenvalue weighted by Crippen LogP contribution is -2.00. The highest BCUT2D eigenvalue weighted by Crippen LogP contribution is 2.21. The molecular weight excluding hydrogens is 324 g/mol. The number of aliphatic hydroxyl groups is 1. The number of esters is 1. The Morgan fingerprint density at radius 2 is 1.62 bits per heavy atom. The van der Waals surface area contributed by atoms with Crippen LogP contribution in [0.2, 0.25) is 0 Å². The Hall–Kier alpha value is -3.89.